The molecule has 1 atom stereocenters. The van der Waals surface area contributed by atoms with Crippen LogP contribution in [0.2, 0.25) is 5.02 Å². The lowest BCUT2D eigenvalue weighted by Crippen LogP contribution is -2.46. The SMILES string of the molecule is CSCC[C@H](NC(=O)COc1ccccc1)C(=O)Nc1cc(Cl)ccc1C. The van der Waals surface area contributed by atoms with Crippen LogP contribution in [0.25, 0.3) is 0 Å². The van der Waals surface area contributed by atoms with E-state index in [0.29, 0.717) is 22.9 Å². The summed E-state index contributed by atoms with van der Waals surface area (Å²) in [7, 11) is 0. The quantitative estimate of drug-likeness (QED) is 0.662. The first-order chi connectivity index (χ1) is 13.0. The lowest BCUT2D eigenvalue weighted by molar-refractivity contribution is -0.127. The number of benzene rings is 2. The van der Waals surface area contributed by atoms with Gasteiger partial charge in [0.25, 0.3) is 5.91 Å². The zero-order chi connectivity index (χ0) is 19.6. The van der Waals surface area contributed by atoms with E-state index in [4.69, 9.17) is 16.3 Å². The zero-order valence-electron chi connectivity index (χ0n) is 15.3. The topological polar surface area (TPSA) is 67.4 Å². The highest BCUT2D eigenvalue weighted by atomic mass is 35.5. The normalized spacial score (nSPS) is 11.5. The van der Waals surface area contributed by atoms with Gasteiger partial charge < -0.3 is 15.4 Å². The Balaban J connectivity index is 1.97. The first-order valence-electron chi connectivity index (χ1n) is 8.52. The van der Waals surface area contributed by atoms with Gasteiger partial charge in [-0.1, -0.05) is 35.9 Å². The molecule has 0 saturated heterocycles. The molecule has 0 spiro atoms. The van der Waals surface area contributed by atoms with Crippen LogP contribution >= 0.6 is 23.4 Å². The molecular formula is C20H23ClN2O3S. The van der Waals surface area contributed by atoms with E-state index in [1.54, 1.807) is 36.0 Å². The van der Waals surface area contributed by atoms with Gasteiger partial charge in [-0.3, -0.25) is 9.59 Å². The molecule has 0 aliphatic heterocycles. The second-order valence-electron chi connectivity index (χ2n) is 5.95. The smallest absolute Gasteiger partial charge is 0.258 e. The van der Waals surface area contributed by atoms with E-state index in [9.17, 15) is 9.59 Å². The number of amides is 2. The van der Waals surface area contributed by atoms with Crippen LogP contribution in [-0.4, -0.2) is 36.5 Å². The van der Waals surface area contributed by atoms with Crippen molar-refractivity contribution in [3.05, 3.63) is 59.1 Å². The van der Waals surface area contributed by atoms with Crippen molar-refractivity contribution in [1.29, 1.82) is 0 Å². The van der Waals surface area contributed by atoms with Crippen molar-refractivity contribution in [2.45, 2.75) is 19.4 Å². The molecule has 7 heteroatoms. The molecule has 5 nitrogen and oxygen atoms in total. The van der Waals surface area contributed by atoms with E-state index in [1.807, 2.05) is 37.4 Å². The van der Waals surface area contributed by atoms with Gasteiger partial charge in [0.1, 0.15) is 11.8 Å². The second-order valence-corrected chi connectivity index (χ2v) is 7.37. The molecule has 2 aromatic carbocycles. The summed E-state index contributed by atoms with van der Waals surface area (Å²) in [5, 5.41) is 6.14. The minimum absolute atomic E-state index is 0.150. The minimum atomic E-state index is -0.650. The third-order valence-electron chi connectivity index (χ3n) is 3.83. The minimum Gasteiger partial charge on any atom is -0.484 e. The highest BCUT2D eigenvalue weighted by molar-refractivity contribution is 7.98. The molecule has 0 heterocycles. The van der Waals surface area contributed by atoms with Gasteiger partial charge in [-0.15, -0.1) is 0 Å². The number of carbonyl (C=O) groups excluding carboxylic acids is 2. The van der Waals surface area contributed by atoms with Crippen molar-refractivity contribution in [1.82, 2.24) is 5.32 Å². The van der Waals surface area contributed by atoms with Crippen molar-refractivity contribution in [3.63, 3.8) is 0 Å². The molecule has 2 amide bonds. The van der Waals surface area contributed by atoms with Gasteiger partial charge in [-0.2, -0.15) is 11.8 Å². The number of anilines is 1. The summed E-state index contributed by atoms with van der Waals surface area (Å²) in [5.74, 6) is 0.726. The zero-order valence-corrected chi connectivity index (χ0v) is 16.9. The summed E-state index contributed by atoms with van der Waals surface area (Å²) in [5.41, 5.74) is 1.53. The van der Waals surface area contributed by atoms with Crippen LogP contribution in [0.15, 0.2) is 48.5 Å². The lowest BCUT2D eigenvalue weighted by atomic mass is 10.1. The van der Waals surface area contributed by atoms with Crippen LogP contribution in [0.4, 0.5) is 5.69 Å². The molecular weight excluding hydrogens is 384 g/mol. The summed E-state index contributed by atoms with van der Waals surface area (Å²) in [6.45, 7) is 1.73. The Morgan fingerprint density at radius 3 is 2.63 bits per heavy atom. The lowest BCUT2D eigenvalue weighted by Gasteiger charge is -2.19. The molecule has 0 aliphatic rings. The average molecular weight is 407 g/mol. The molecule has 2 N–H and O–H groups in total. The van der Waals surface area contributed by atoms with Gasteiger partial charge in [0.05, 0.1) is 0 Å². The maximum Gasteiger partial charge on any atom is 0.258 e. The van der Waals surface area contributed by atoms with Gasteiger partial charge in [-0.25, -0.2) is 0 Å². The van der Waals surface area contributed by atoms with Gasteiger partial charge in [0.15, 0.2) is 6.61 Å². The van der Waals surface area contributed by atoms with Crippen LogP contribution in [0.1, 0.15) is 12.0 Å². The number of hydrogen-bond donors (Lipinski definition) is 2. The Morgan fingerprint density at radius 2 is 1.93 bits per heavy atom. The first-order valence-corrected chi connectivity index (χ1v) is 10.3. The molecule has 2 aromatic rings. The van der Waals surface area contributed by atoms with E-state index < -0.39 is 6.04 Å². The third kappa shape index (κ3) is 7.15. The summed E-state index contributed by atoms with van der Waals surface area (Å²) in [6.07, 6.45) is 2.47. The number of nitrogens with one attached hydrogen (secondary N) is 2. The predicted molar refractivity (Wildman–Crippen MR) is 112 cm³/mol. The van der Waals surface area contributed by atoms with Gasteiger partial charge >= 0.3 is 0 Å². The van der Waals surface area contributed by atoms with Gasteiger partial charge in [0.2, 0.25) is 5.91 Å². The number of para-hydroxylation sites is 1. The fraction of sp³-hybridized carbons (Fsp3) is 0.300. The summed E-state index contributed by atoms with van der Waals surface area (Å²) < 4.78 is 5.44. The Hall–Kier alpha value is -2.18. The molecule has 0 aromatic heterocycles. The number of hydrogen-bond acceptors (Lipinski definition) is 4. The number of rotatable bonds is 9. The van der Waals surface area contributed by atoms with Crippen molar-refractivity contribution in [3.8, 4) is 5.75 Å². The van der Waals surface area contributed by atoms with Crippen LogP contribution < -0.4 is 15.4 Å². The van der Waals surface area contributed by atoms with Crippen LogP contribution in [0.3, 0.4) is 0 Å². The molecule has 0 saturated carbocycles. The number of carbonyl (C=O) groups is 2. The number of halogens is 1. The Kier molecular flexibility index (Phi) is 8.48. The summed E-state index contributed by atoms with van der Waals surface area (Å²) in [4.78, 5) is 24.9. The van der Waals surface area contributed by atoms with E-state index >= 15 is 0 Å². The van der Waals surface area contributed by atoms with Crippen molar-refractivity contribution in [2.75, 3.05) is 23.9 Å². The Morgan fingerprint density at radius 1 is 1.19 bits per heavy atom. The van der Waals surface area contributed by atoms with Gasteiger partial charge in [0, 0.05) is 10.7 Å². The number of thioether (sulfide) groups is 1. The Labute approximate surface area is 168 Å². The summed E-state index contributed by atoms with van der Waals surface area (Å²) in [6, 6.07) is 13.7. The fourth-order valence-corrected chi connectivity index (χ4v) is 3.00. The molecule has 27 heavy (non-hydrogen) atoms. The largest absolute Gasteiger partial charge is 0.484 e. The fourth-order valence-electron chi connectivity index (χ4n) is 2.35. The molecule has 0 aliphatic carbocycles. The third-order valence-corrected chi connectivity index (χ3v) is 4.71. The highest BCUT2D eigenvalue weighted by Gasteiger charge is 2.21. The molecule has 2 rings (SSSR count). The first kappa shape index (κ1) is 21.1. The Bertz CT molecular complexity index is 771. The highest BCUT2D eigenvalue weighted by Crippen LogP contribution is 2.20. The second kappa shape index (κ2) is 10.8. The number of aryl methyl sites for hydroxylation is 1. The standard InChI is InChI=1S/C20H23ClN2O3S/c1-14-8-9-15(21)12-18(14)23-20(25)17(10-11-27-2)22-19(24)13-26-16-6-4-3-5-7-16/h3-9,12,17H,10-11,13H2,1-2H3,(H,22,24)(H,23,25)/t17-/m0/s1. The monoisotopic (exact) mass is 406 g/mol. The number of ether oxygens (including phenoxy) is 1. The van der Waals surface area contributed by atoms with E-state index in [-0.39, 0.29) is 18.4 Å². The van der Waals surface area contributed by atoms with E-state index in [2.05, 4.69) is 10.6 Å². The average Bonchev–Trinajstić information content (AvgIpc) is 2.67. The van der Waals surface area contributed by atoms with E-state index in [0.717, 1.165) is 11.3 Å². The van der Waals surface area contributed by atoms with Crippen molar-refractivity contribution < 1.29 is 14.3 Å². The van der Waals surface area contributed by atoms with E-state index in [1.165, 1.54) is 0 Å². The maximum atomic E-state index is 12.7. The van der Waals surface area contributed by atoms with Crippen LogP contribution in [-0.2, 0) is 9.59 Å². The summed E-state index contributed by atoms with van der Waals surface area (Å²) >= 11 is 7.62. The maximum absolute atomic E-state index is 12.7. The molecule has 0 radical (unpaired) electrons. The van der Waals surface area contributed by atoms with Crippen molar-refractivity contribution in [2.24, 2.45) is 0 Å². The van der Waals surface area contributed by atoms with Crippen molar-refractivity contribution >= 4 is 40.9 Å². The predicted octanol–water partition coefficient (Wildman–Crippen LogP) is 3.90. The van der Waals surface area contributed by atoms with Gasteiger partial charge in [-0.05, 0) is 55.2 Å². The molecule has 0 fully saturated rings. The van der Waals surface area contributed by atoms with Crippen LogP contribution in [0.5, 0.6) is 5.75 Å². The van der Waals surface area contributed by atoms with Crippen LogP contribution in [0, 0.1) is 6.92 Å². The molecule has 144 valence electrons. The molecule has 0 unspecified atom stereocenters. The molecule has 0 bridgehead atoms.